The SMILES string of the molecule is C[C@H]1CN(CCCCCCNc2ccc(CN3CCCC3)cc2[N+](=O)[O-])[C@H](CO[Si](C)(C)C(C)(C)C)[C@@H](O[Si](C)(C)C(C)(C)C)[C@@H]1O[Si](C)(C)C(C)(C)C. The van der Waals surface area contributed by atoms with Gasteiger partial charge in [-0.15, -0.1) is 0 Å². The molecule has 1 aromatic carbocycles. The normalized spacial score (nSPS) is 22.9. The van der Waals surface area contributed by atoms with Crippen molar-refractivity contribution < 1.29 is 18.2 Å². The van der Waals surface area contributed by atoms with Gasteiger partial charge in [0.15, 0.2) is 25.0 Å². The Labute approximate surface area is 334 Å². The van der Waals surface area contributed by atoms with Crippen molar-refractivity contribution in [2.45, 2.75) is 187 Å². The van der Waals surface area contributed by atoms with Crippen LogP contribution < -0.4 is 5.32 Å². The predicted octanol–water partition coefficient (Wildman–Crippen LogP) is 11.3. The summed E-state index contributed by atoms with van der Waals surface area (Å²) in [6.45, 7) is 43.9. The van der Waals surface area contributed by atoms with E-state index in [4.69, 9.17) is 13.3 Å². The van der Waals surface area contributed by atoms with Crippen LogP contribution in [0.3, 0.4) is 0 Å². The van der Waals surface area contributed by atoms with Crippen molar-refractivity contribution in [1.29, 1.82) is 0 Å². The lowest BCUT2D eigenvalue weighted by Gasteiger charge is -2.54. The van der Waals surface area contributed by atoms with E-state index in [1.807, 2.05) is 12.1 Å². The first-order valence-electron chi connectivity index (χ1n) is 21.1. The van der Waals surface area contributed by atoms with E-state index in [1.54, 1.807) is 6.07 Å². The molecule has 0 aliphatic carbocycles. The molecule has 4 atom stereocenters. The van der Waals surface area contributed by atoms with Gasteiger partial charge in [-0.1, -0.05) is 88.1 Å². The molecule has 1 N–H and O–H groups in total. The number of hydrogen-bond donors (Lipinski definition) is 1. The molecule has 9 nitrogen and oxygen atoms in total. The second-order valence-corrected chi connectivity index (χ2v) is 35.6. The number of rotatable bonds is 18. The topological polar surface area (TPSA) is 89.3 Å². The third-order valence-corrected chi connectivity index (χ3v) is 27.1. The van der Waals surface area contributed by atoms with E-state index in [-0.39, 0.29) is 44.0 Å². The summed E-state index contributed by atoms with van der Waals surface area (Å²) in [5, 5.41) is 15.6. The summed E-state index contributed by atoms with van der Waals surface area (Å²) in [6, 6.07) is 5.82. The van der Waals surface area contributed by atoms with Crippen LogP contribution >= 0.6 is 0 Å². The van der Waals surface area contributed by atoms with E-state index < -0.39 is 25.0 Å². The number of unbranched alkanes of at least 4 members (excludes halogenated alkanes) is 3. The molecule has 312 valence electrons. The van der Waals surface area contributed by atoms with Gasteiger partial charge < -0.3 is 18.6 Å². The van der Waals surface area contributed by atoms with Crippen LogP contribution in [0, 0.1) is 16.0 Å². The van der Waals surface area contributed by atoms with Gasteiger partial charge in [0.05, 0.1) is 29.8 Å². The minimum atomic E-state index is -2.16. The fraction of sp³-hybridized carbons (Fsp3) is 0.857. The number of piperidine rings is 1. The average molecular weight is 807 g/mol. The van der Waals surface area contributed by atoms with Crippen molar-refractivity contribution in [1.82, 2.24) is 9.80 Å². The van der Waals surface area contributed by atoms with Crippen molar-refractivity contribution >= 4 is 36.3 Å². The van der Waals surface area contributed by atoms with Gasteiger partial charge in [-0.25, -0.2) is 0 Å². The predicted molar refractivity (Wildman–Crippen MR) is 236 cm³/mol. The molecule has 12 heteroatoms. The lowest BCUT2D eigenvalue weighted by Crippen LogP contribution is -2.66. The summed E-state index contributed by atoms with van der Waals surface area (Å²) < 4.78 is 22.0. The molecule has 2 fully saturated rings. The van der Waals surface area contributed by atoms with E-state index in [0.717, 1.165) is 70.5 Å². The number of nitro groups is 1. The summed E-state index contributed by atoms with van der Waals surface area (Å²) >= 11 is 0. The van der Waals surface area contributed by atoms with Crippen molar-refractivity contribution in [3.8, 4) is 0 Å². The van der Waals surface area contributed by atoms with Crippen LogP contribution in [0.25, 0.3) is 0 Å². The Balaban J connectivity index is 1.73. The zero-order valence-electron chi connectivity index (χ0n) is 37.6. The summed E-state index contributed by atoms with van der Waals surface area (Å²) in [4.78, 5) is 16.8. The Hall–Kier alpha value is -1.13. The second kappa shape index (κ2) is 18.6. The van der Waals surface area contributed by atoms with Crippen LogP contribution in [-0.2, 0) is 19.8 Å². The zero-order chi connectivity index (χ0) is 40.9. The van der Waals surface area contributed by atoms with Crippen LogP contribution in [0.2, 0.25) is 54.4 Å². The van der Waals surface area contributed by atoms with Crippen molar-refractivity contribution in [3.63, 3.8) is 0 Å². The van der Waals surface area contributed by atoms with E-state index in [9.17, 15) is 10.1 Å². The van der Waals surface area contributed by atoms with Gasteiger partial charge in [-0.05, 0) is 117 Å². The van der Waals surface area contributed by atoms with Crippen molar-refractivity contribution in [2.75, 3.05) is 44.6 Å². The van der Waals surface area contributed by atoms with Crippen LogP contribution in [0.1, 0.15) is 113 Å². The number of anilines is 1. The van der Waals surface area contributed by atoms with E-state index in [1.165, 1.54) is 12.8 Å². The molecular weight excluding hydrogens is 725 g/mol. The maximum atomic E-state index is 11.9. The van der Waals surface area contributed by atoms with Gasteiger partial charge in [0.25, 0.3) is 5.69 Å². The van der Waals surface area contributed by atoms with E-state index in [2.05, 4.69) is 124 Å². The Morgan fingerprint density at radius 3 is 1.87 bits per heavy atom. The molecule has 2 aliphatic rings. The molecule has 0 unspecified atom stereocenters. The maximum absolute atomic E-state index is 11.9. The lowest BCUT2D eigenvalue weighted by molar-refractivity contribution is -0.384. The fourth-order valence-corrected chi connectivity index (χ4v) is 10.6. The lowest BCUT2D eigenvalue weighted by atomic mass is 9.88. The van der Waals surface area contributed by atoms with Gasteiger partial charge in [0.1, 0.15) is 5.69 Å². The molecule has 1 aromatic rings. The Morgan fingerprint density at radius 2 is 1.33 bits per heavy atom. The smallest absolute Gasteiger partial charge is 0.292 e. The van der Waals surface area contributed by atoms with Gasteiger partial charge in [-0.2, -0.15) is 0 Å². The summed E-state index contributed by atoms with van der Waals surface area (Å²) in [6.07, 6.45) is 6.63. The zero-order valence-corrected chi connectivity index (χ0v) is 40.6. The number of nitro benzene ring substituents is 1. The van der Waals surface area contributed by atoms with Gasteiger partial charge >= 0.3 is 0 Å². The molecule has 0 amide bonds. The van der Waals surface area contributed by atoms with Gasteiger partial charge in [-0.3, -0.25) is 19.9 Å². The van der Waals surface area contributed by atoms with Crippen molar-refractivity contribution in [2.24, 2.45) is 5.92 Å². The van der Waals surface area contributed by atoms with Crippen molar-refractivity contribution in [3.05, 3.63) is 33.9 Å². The number of nitrogens with zero attached hydrogens (tertiary/aromatic N) is 3. The van der Waals surface area contributed by atoms with Gasteiger partial charge in [0, 0.05) is 25.7 Å². The highest BCUT2D eigenvalue weighted by Crippen LogP contribution is 2.44. The molecule has 0 saturated carbocycles. The Kier molecular flexibility index (Phi) is 16.3. The quantitative estimate of drug-likeness (QED) is 0.0679. The van der Waals surface area contributed by atoms with Crippen LogP contribution in [0.15, 0.2) is 18.2 Å². The fourth-order valence-electron chi connectivity index (χ4n) is 6.88. The molecule has 2 aliphatic heterocycles. The standard InChI is InChI=1S/C42H82N4O5Si3/c1-33-30-45(28-20-18-17-19-25-43-35-24-23-34(29-36(35)46(47)48)31-44-26-21-22-27-44)37(32-49-52(11,12)40(2,3)4)39(51-54(15,16)42(8,9)10)38(33)50-53(13,14)41(5,6)7/h23-24,29,33,37-39,43H,17-22,25-28,30-32H2,1-16H3/t33-,37+,38+,39+/m0/s1. The highest BCUT2D eigenvalue weighted by molar-refractivity contribution is 6.75. The molecular formula is C42H82N4O5Si3. The highest BCUT2D eigenvalue weighted by Gasteiger charge is 2.52. The highest BCUT2D eigenvalue weighted by atomic mass is 28.4. The molecule has 2 heterocycles. The largest absolute Gasteiger partial charge is 0.415 e. The third kappa shape index (κ3) is 12.7. The molecule has 0 radical (unpaired) electrons. The Bertz CT molecular complexity index is 1350. The number of hydrogen-bond acceptors (Lipinski definition) is 8. The van der Waals surface area contributed by atoms with Crippen LogP contribution in [0.4, 0.5) is 11.4 Å². The summed E-state index contributed by atoms with van der Waals surface area (Å²) in [7, 11) is -6.26. The number of nitrogens with one attached hydrogen (secondary N) is 1. The second-order valence-electron chi connectivity index (χ2n) is 21.2. The minimum absolute atomic E-state index is 0.0219. The van der Waals surface area contributed by atoms with Crippen LogP contribution in [-0.4, -0.2) is 97.3 Å². The molecule has 54 heavy (non-hydrogen) atoms. The monoisotopic (exact) mass is 807 g/mol. The van der Waals surface area contributed by atoms with E-state index >= 15 is 0 Å². The third-order valence-electron chi connectivity index (χ3n) is 13.7. The number of benzene rings is 1. The summed E-state index contributed by atoms with van der Waals surface area (Å²) in [5.74, 6) is 0.333. The maximum Gasteiger partial charge on any atom is 0.292 e. The molecule has 2 saturated heterocycles. The van der Waals surface area contributed by atoms with Gasteiger partial charge in [0.2, 0.25) is 0 Å². The first-order chi connectivity index (χ1) is 24.7. The molecule has 0 bridgehead atoms. The molecule has 3 rings (SSSR count). The first-order valence-corrected chi connectivity index (χ1v) is 29.9. The molecule has 0 spiro atoms. The minimum Gasteiger partial charge on any atom is -0.415 e. The van der Waals surface area contributed by atoms with E-state index in [0.29, 0.717) is 18.2 Å². The number of likely N-dealkylation sites (tertiary alicyclic amines) is 2. The first kappa shape index (κ1) is 47.2. The molecule has 0 aromatic heterocycles. The average Bonchev–Trinajstić information content (AvgIpc) is 3.53. The summed E-state index contributed by atoms with van der Waals surface area (Å²) in [5.41, 5.74) is 1.82. The Morgan fingerprint density at radius 1 is 0.796 bits per heavy atom. The van der Waals surface area contributed by atoms with Crippen LogP contribution in [0.5, 0.6) is 0 Å².